The third-order valence-electron chi connectivity index (χ3n) is 7.59. The van der Waals surface area contributed by atoms with Gasteiger partial charge >= 0.3 is 0 Å². The predicted octanol–water partition coefficient (Wildman–Crippen LogP) is 4.99. The van der Waals surface area contributed by atoms with Crippen molar-refractivity contribution >= 4 is 17.7 Å². The minimum Gasteiger partial charge on any atom is -0.385 e. The smallest absolute Gasteiger partial charge is 0.223 e. The fourth-order valence-electron chi connectivity index (χ4n) is 5.40. The average molecular weight is 471 g/mol. The van der Waals surface area contributed by atoms with Crippen molar-refractivity contribution < 1.29 is 9.53 Å². The first-order chi connectivity index (χ1) is 17.1. The molecule has 6 nitrogen and oxygen atoms in total. The third kappa shape index (κ3) is 5.11. The second-order valence-electron chi connectivity index (χ2n) is 10.1. The van der Waals surface area contributed by atoms with Gasteiger partial charge in [0.15, 0.2) is 0 Å². The summed E-state index contributed by atoms with van der Waals surface area (Å²) in [6, 6.07) is 11.1. The number of aromatic nitrogens is 1. The maximum atomic E-state index is 13.0. The lowest BCUT2D eigenvalue weighted by atomic mass is 9.92. The highest BCUT2D eigenvalue weighted by Gasteiger charge is 2.41. The van der Waals surface area contributed by atoms with Crippen LogP contribution in [-0.4, -0.2) is 55.2 Å². The number of pyridine rings is 1. The number of carbonyl (C=O) groups is 1. The summed E-state index contributed by atoms with van der Waals surface area (Å²) in [6.07, 6.45) is 9.62. The highest BCUT2D eigenvalue weighted by atomic mass is 16.5. The molecule has 1 aromatic carbocycles. The molecule has 2 aliphatic carbocycles. The Hall–Kier alpha value is -3.17. The van der Waals surface area contributed by atoms with Gasteiger partial charge in [0.2, 0.25) is 5.91 Å². The van der Waals surface area contributed by atoms with Gasteiger partial charge in [0, 0.05) is 46.0 Å². The number of hydrogen-bond donors (Lipinski definition) is 0. The number of rotatable bonds is 9. The van der Waals surface area contributed by atoms with E-state index in [9.17, 15) is 10.1 Å². The molecule has 1 aliphatic heterocycles. The fraction of sp³-hybridized carbons (Fsp3) is 0.483. The lowest BCUT2D eigenvalue weighted by molar-refractivity contribution is -0.134. The van der Waals surface area contributed by atoms with Crippen molar-refractivity contribution in [2.24, 2.45) is 5.92 Å². The van der Waals surface area contributed by atoms with Crippen molar-refractivity contribution in [2.45, 2.75) is 50.5 Å². The third-order valence-corrected chi connectivity index (χ3v) is 7.59. The van der Waals surface area contributed by atoms with Crippen molar-refractivity contribution in [2.75, 3.05) is 38.3 Å². The first kappa shape index (κ1) is 23.6. The zero-order valence-electron chi connectivity index (χ0n) is 20.6. The Kier molecular flexibility index (Phi) is 6.88. The molecule has 1 amide bonds. The van der Waals surface area contributed by atoms with Gasteiger partial charge in [0.05, 0.1) is 23.0 Å². The number of carbonyl (C=O) groups excluding carboxylic acids is 1. The second-order valence-corrected chi connectivity index (χ2v) is 10.1. The molecule has 6 heteroatoms. The fourth-order valence-corrected chi connectivity index (χ4v) is 5.40. The Bertz CT molecular complexity index is 1150. The van der Waals surface area contributed by atoms with E-state index >= 15 is 0 Å². The van der Waals surface area contributed by atoms with Crippen LogP contribution in [0.4, 0.5) is 5.69 Å². The van der Waals surface area contributed by atoms with E-state index in [1.807, 2.05) is 18.3 Å². The molecule has 1 aromatic heterocycles. The Morgan fingerprint density at radius 3 is 2.77 bits per heavy atom. The lowest BCUT2D eigenvalue weighted by Crippen LogP contribution is -2.56. The molecule has 2 heterocycles. The molecule has 3 aliphatic rings. The molecule has 0 spiro atoms. The van der Waals surface area contributed by atoms with Crippen LogP contribution in [0.1, 0.15) is 61.3 Å². The van der Waals surface area contributed by atoms with Crippen molar-refractivity contribution in [3.05, 3.63) is 53.9 Å². The molecular weight excluding hydrogens is 436 g/mol. The van der Waals surface area contributed by atoms with Gasteiger partial charge in [-0.2, -0.15) is 5.26 Å². The summed E-state index contributed by atoms with van der Waals surface area (Å²) in [5.41, 5.74) is 6.10. The van der Waals surface area contributed by atoms with E-state index in [1.54, 1.807) is 13.2 Å². The quantitative estimate of drug-likeness (QED) is 0.483. The Balaban J connectivity index is 1.44. The zero-order chi connectivity index (χ0) is 24.4. The molecule has 0 bridgehead atoms. The Labute approximate surface area is 208 Å². The average Bonchev–Trinajstić information content (AvgIpc) is 3.81. The SMILES string of the molecule is C=Cc1cc(-c2cc(C#N)c(N3CCN(C(=O)CCCOC)[C@H](C4CC4)C3)cc2C2CC2)ccn1. The largest absolute Gasteiger partial charge is 0.385 e. The van der Waals surface area contributed by atoms with Crippen LogP contribution < -0.4 is 4.90 Å². The monoisotopic (exact) mass is 470 g/mol. The number of anilines is 1. The van der Waals surface area contributed by atoms with Gasteiger partial charge in [-0.15, -0.1) is 0 Å². The zero-order valence-corrected chi connectivity index (χ0v) is 20.6. The van der Waals surface area contributed by atoms with Crippen molar-refractivity contribution in [3.63, 3.8) is 0 Å². The number of piperazine rings is 1. The molecule has 1 atom stereocenters. The number of benzene rings is 1. The van der Waals surface area contributed by atoms with Crippen LogP contribution in [0.3, 0.4) is 0 Å². The van der Waals surface area contributed by atoms with E-state index in [2.05, 4.69) is 39.6 Å². The lowest BCUT2D eigenvalue weighted by Gasteiger charge is -2.43. The van der Waals surface area contributed by atoms with Gasteiger partial charge in [0.1, 0.15) is 6.07 Å². The molecule has 2 saturated carbocycles. The summed E-state index contributed by atoms with van der Waals surface area (Å²) in [5.74, 6) is 1.36. The molecule has 5 rings (SSSR count). The van der Waals surface area contributed by atoms with Crippen LogP contribution in [0.2, 0.25) is 0 Å². The summed E-state index contributed by atoms with van der Waals surface area (Å²) < 4.78 is 5.14. The van der Waals surface area contributed by atoms with E-state index in [0.717, 1.165) is 42.0 Å². The van der Waals surface area contributed by atoms with Crippen LogP contribution in [0, 0.1) is 17.2 Å². The van der Waals surface area contributed by atoms with E-state index in [0.29, 0.717) is 37.0 Å². The molecule has 2 aromatic rings. The highest BCUT2D eigenvalue weighted by Crippen LogP contribution is 2.47. The molecule has 3 fully saturated rings. The minimum atomic E-state index is 0.227. The maximum Gasteiger partial charge on any atom is 0.223 e. The summed E-state index contributed by atoms with van der Waals surface area (Å²) in [6.45, 7) is 6.74. The molecule has 0 unspecified atom stereocenters. The van der Waals surface area contributed by atoms with Gasteiger partial charge in [-0.1, -0.05) is 6.58 Å². The van der Waals surface area contributed by atoms with Crippen LogP contribution in [0.5, 0.6) is 0 Å². The Morgan fingerprint density at radius 1 is 1.26 bits per heavy atom. The van der Waals surface area contributed by atoms with Gasteiger partial charge in [-0.05, 0) is 91.0 Å². The second kappa shape index (κ2) is 10.2. The highest BCUT2D eigenvalue weighted by molar-refractivity contribution is 5.79. The number of ether oxygens (including phenoxy) is 1. The molecule has 1 saturated heterocycles. The molecule has 0 radical (unpaired) electrons. The first-order valence-electron chi connectivity index (χ1n) is 12.8. The van der Waals surface area contributed by atoms with E-state index in [-0.39, 0.29) is 11.9 Å². The van der Waals surface area contributed by atoms with E-state index in [1.165, 1.54) is 31.2 Å². The van der Waals surface area contributed by atoms with Gasteiger partial charge in [-0.3, -0.25) is 9.78 Å². The minimum absolute atomic E-state index is 0.227. The molecule has 0 N–H and O–H groups in total. The van der Waals surface area contributed by atoms with Crippen LogP contribution in [-0.2, 0) is 9.53 Å². The van der Waals surface area contributed by atoms with Crippen molar-refractivity contribution in [1.82, 2.24) is 9.88 Å². The van der Waals surface area contributed by atoms with Gasteiger partial charge in [0.25, 0.3) is 0 Å². The van der Waals surface area contributed by atoms with Gasteiger partial charge < -0.3 is 14.5 Å². The summed E-state index contributed by atoms with van der Waals surface area (Å²) in [4.78, 5) is 21.8. The number of nitriles is 1. The molecular formula is C29H34N4O2. The number of methoxy groups -OCH3 is 1. The number of nitrogens with zero attached hydrogens (tertiary/aromatic N) is 4. The van der Waals surface area contributed by atoms with E-state index < -0.39 is 0 Å². The van der Waals surface area contributed by atoms with E-state index in [4.69, 9.17) is 4.74 Å². The van der Waals surface area contributed by atoms with Gasteiger partial charge in [-0.25, -0.2) is 0 Å². The summed E-state index contributed by atoms with van der Waals surface area (Å²) >= 11 is 0. The number of amides is 1. The normalized spacial score (nSPS) is 19.9. The maximum absolute atomic E-state index is 13.0. The standard InChI is InChI=1S/C29H34N4O2/c1-3-24-15-22(10-11-31-24)25-16-23(18-30)27(17-26(25)20-6-7-20)32-12-13-33(28(19-32)21-8-9-21)29(34)5-4-14-35-2/h3,10-11,15-17,20-21,28H,1,4-9,12-14,19H2,2H3/t28-/m0/s1. The first-order valence-corrected chi connectivity index (χ1v) is 12.8. The topological polar surface area (TPSA) is 69.5 Å². The van der Waals surface area contributed by atoms with Crippen LogP contribution in [0.25, 0.3) is 17.2 Å². The number of hydrogen-bond acceptors (Lipinski definition) is 5. The van der Waals surface area contributed by atoms with Crippen LogP contribution >= 0.6 is 0 Å². The summed E-state index contributed by atoms with van der Waals surface area (Å²) in [5, 5.41) is 10.1. The molecule has 35 heavy (non-hydrogen) atoms. The molecule has 182 valence electrons. The van der Waals surface area contributed by atoms with Crippen LogP contribution in [0.15, 0.2) is 37.0 Å². The van der Waals surface area contributed by atoms with Crippen molar-refractivity contribution in [1.29, 1.82) is 5.26 Å². The Morgan fingerprint density at radius 2 is 2.09 bits per heavy atom. The predicted molar refractivity (Wildman–Crippen MR) is 138 cm³/mol. The van der Waals surface area contributed by atoms with Crippen molar-refractivity contribution in [3.8, 4) is 17.2 Å². The summed E-state index contributed by atoms with van der Waals surface area (Å²) in [7, 11) is 1.68.